The van der Waals surface area contributed by atoms with Gasteiger partial charge in [-0.2, -0.15) is 0 Å². The molecule has 0 bridgehead atoms. The summed E-state index contributed by atoms with van der Waals surface area (Å²) in [5.41, 5.74) is 8.79. The van der Waals surface area contributed by atoms with Crippen molar-refractivity contribution < 1.29 is 5.21 Å². The van der Waals surface area contributed by atoms with Crippen molar-refractivity contribution in [3.63, 3.8) is 0 Å². The van der Waals surface area contributed by atoms with Crippen molar-refractivity contribution in [2.75, 3.05) is 7.05 Å². The number of nitrogens with zero attached hydrogens (tertiary/aromatic N) is 2. The van der Waals surface area contributed by atoms with Crippen LogP contribution in [-0.4, -0.2) is 23.0 Å². The van der Waals surface area contributed by atoms with E-state index in [1.54, 1.807) is 11.3 Å². The van der Waals surface area contributed by atoms with Gasteiger partial charge in [0.1, 0.15) is 0 Å². The summed E-state index contributed by atoms with van der Waals surface area (Å²) in [4.78, 5) is 2.19. The van der Waals surface area contributed by atoms with E-state index < -0.39 is 0 Å². The summed E-state index contributed by atoms with van der Waals surface area (Å²) in [6, 6.07) is 9.81. The Morgan fingerprint density at radius 1 is 1.40 bits per heavy atom. The number of amidine groups is 1. The van der Waals surface area contributed by atoms with Crippen LogP contribution in [0.3, 0.4) is 0 Å². The molecule has 0 aliphatic carbocycles. The van der Waals surface area contributed by atoms with Crippen LogP contribution in [0.25, 0.3) is 0 Å². The molecule has 106 valence electrons. The molecule has 1 aromatic carbocycles. The van der Waals surface area contributed by atoms with Gasteiger partial charge >= 0.3 is 0 Å². The third-order valence-electron chi connectivity index (χ3n) is 2.92. The highest BCUT2D eigenvalue weighted by Gasteiger charge is 2.09. The van der Waals surface area contributed by atoms with Crippen LogP contribution >= 0.6 is 27.3 Å². The number of hydrogen-bond donors (Lipinski definition) is 2. The zero-order valence-corrected chi connectivity index (χ0v) is 13.5. The number of hydrogen-bond acceptors (Lipinski definition) is 4. The van der Waals surface area contributed by atoms with E-state index in [2.05, 4.69) is 44.5 Å². The molecule has 0 unspecified atom stereocenters. The number of rotatable bonds is 5. The van der Waals surface area contributed by atoms with Crippen molar-refractivity contribution in [3.8, 4) is 0 Å². The zero-order chi connectivity index (χ0) is 14.5. The van der Waals surface area contributed by atoms with Crippen molar-refractivity contribution in [1.29, 1.82) is 0 Å². The molecular formula is C14H16BrN3OS. The molecule has 0 fully saturated rings. The van der Waals surface area contributed by atoms with Gasteiger partial charge in [-0.1, -0.05) is 29.4 Å². The molecule has 0 radical (unpaired) electrons. The summed E-state index contributed by atoms with van der Waals surface area (Å²) in [5, 5.41) is 14.1. The second kappa shape index (κ2) is 6.88. The van der Waals surface area contributed by atoms with Crippen LogP contribution in [0.5, 0.6) is 0 Å². The van der Waals surface area contributed by atoms with E-state index in [-0.39, 0.29) is 5.84 Å². The summed E-state index contributed by atoms with van der Waals surface area (Å²) in [6.07, 6.45) is 0. The standard InChI is InChI=1S/C14H16BrN3OS/c1-18(7-10-6-13(15)20-9-10)8-11-4-2-3-5-12(11)14(16)17-19/h2-6,9,19H,7-8H2,1H3,(H2,16,17). The fourth-order valence-corrected chi connectivity index (χ4v) is 3.25. The predicted octanol–water partition coefficient (Wildman–Crippen LogP) is 3.24. The highest BCUT2D eigenvalue weighted by atomic mass is 79.9. The number of halogens is 1. The van der Waals surface area contributed by atoms with Crippen molar-refractivity contribution in [3.05, 3.63) is 56.2 Å². The van der Waals surface area contributed by atoms with Crippen LogP contribution < -0.4 is 5.73 Å². The molecular weight excluding hydrogens is 338 g/mol. The zero-order valence-electron chi connectivity index (χ0n) is 11.1. The van der Waals surface area contributed by atoms with Gasteiger partial charge in [0.05, 0.1) is 3.79 Å². The Labute approximate surface area is 130 Å². The fourth-order valence-electron chi connectivity index (χ4n) is 2.05. The van der Waals surface area contributed by atoms with E-state index in [1.165, 1.54) is 5.56 Å². The van der Waals surface area contributed by atoms with E-state index in [0.29, 0.717) is 0 Å². The van der Waals surface area contributed by atoms with Gasteiger partial charge in [-0.25, -0.2) is 0 Å². The van der Waals surface area contributed by atoms with Crippen LogP contribution in [0.4, 0.5) is 0 Å². The van der Waals surface area contributed by atoms with Gasteiger partial charge in [-0.15, -0.1) is 11.3 Å². The molecule has 0 amide bonds. The summed E-state index contributed by atoms with van der Waals surface area (Å²) >= 11 is 5.15. The minimum Gasteiger partial charge on any atom is -0.409 e. The van der Waals surface area contributed by atoms with Crippen molar-refractivity contribution >= 4 is 33.1 Å². The van der Waals surface area contributed by atoms with Gasteiger partial charge in [0.2, 0.25) is 0 Å². The topological polar surface area (TPSA) is 61.8 Å². The smallest absolute Gasteiger partial charge is 0.170 e. The van der Waals surface area contributed by atoms with Crippen LogP contribution in [0.1, 0.15) is 16.7 Å². The lowest BCUT2D eigenvalue weighted by atomic mass is 10.1. The average molecular weight is 354 g/mol. The maximum absolute atomic E-state index is 8.83. The molecule has 0 saturated carbocycles. The van der Waals surface area contributed by atoms with Crippen LogP contribution in [0.15, 0.2) is 44.7 Å². The van der Waals surface area contributed by atoms with E-state index >= 15 is 0 Å². The first-order valence-corrected chi connectivity index (χ1v) is 7.74. The Morgan fingerprint density at radius 3 is 2.80 bits per heavy atom. The summed E-state index contributed by atoms with van der Waals surface area (Å²) in [6.45, 7) is 1.59. The molecule has 0 atom stereocenters. The molecule has 6 heteroatoms. The Morgan fingerprint density at radius 2 is 2.15 bits per heavy atom. The Bertz CT molecular complexity index is 612. The summed E-state index contributed by atoms with van der Waals surface area (Å²) < 4.78 is 1.14. The lowest BCUT2D eigenvalue weighted by Crippen LogP contribution is -2.21. The molecule has 4 nitrogen and oxygen atoms in total. The highest BCUT2D eigenvalue weighted by molar-refractivity contribution is 9.11. The molecule has 0 saturated heterocycles. The van der Waals surface area contributed by atoms with Crippen molar-refractivity contribution in [2.24, 2.45) is 10.9 Å². The van der Waals surface area contributed by atoms with E-state index in [9.17, 15) is 0 Å². The maximum Gasteiger partial charge on any atom is 0.170 e. The van der Waals surface area contributed by atoms with E-state index in [4.69, 9.17) is 10.9 Å². The van der Waals surface area contributed by atoms with Gasteiger partial charge in [-0.3, -0.25) is 4.90 Å². The minimum atomic E-state index is 0.146. The van der Waals surface area contributed by atoms with Crippen molar-refractivity contribution in [1.82, 2.24) is 4.90 Å². The summed E-state index contributed by atoms with van der Waals surface area (Å²) in [7, 11) is 2.05. The number of benzene rings is 1. The first kappa shape index (κ1) is 15.0. The molecule has 0 aliphatic rings. The molecule has 0 aliphatic heterocycles. The molecule has 0 spiro atoms. The van der Waals surface area contributed by atoms with Crippen LogP contribution in [0.2, 0.25) is 0 Å². The molecule has 3 N–H and O–H groups in total. The summed E-state index contributed by atoms with van der Waals surface area (Å²) in [5.74, 6) is 0.146. The Balaban J connectivity index is 2.09. The highest BCUT2D eigenvalue weighted by Crippen LogP contribution is 2.22. The lowest BCUT2D eigenvalue weighted by Gasteiger charge is -2.18. The van der Waals surface area contributed by atoms with E-state index in [1.807, 2.05) is 24.3 Å². The van der Waals surface area contributed by atoms with Crippen LogP contribution in [-0.2, 0) is 13.1 Å². The SMILES string of the molecule is CN(Cc1csc(Br)c1)Cc1ccccc1C(N)=NO. The van der Waals surface area contributed by atoms with Gasteiger partial charge in [0, 0.05) is 18.7 Å². The number of thiophene rings is 1. The largest absolute Gasteiger partial charge is 0.409 e. The molecule has 2 rings (SSSR count). The first-order chi connectivity index (χ1) is 9.60. The Hall–Kier alpha value is -1.37. The normalized spacial score (nSPS) is 12.1. The second-order valence-corrected chi connectivity index (χ2v) is 6.86. The van der Waals surface area contributed by atoms with Crippen LogP contribution in [0, 0.1) is 0 Å². The molecule has 1 aromatic heterocycles. The Kier molecular flexibility index (Phi) is 5.17. The van der Waals surface area contributed by atoms with Gasteiger partial charge < -0.3 is 10.9 Å². The monoisotopic (exact) mass is 353 g/mol. The maximum atomic E-state index is 8.83. The lowest BCUT2D eigenvalue weighted by molar-refractivity contribution is 0.315. The fraction of sp³-hybridized carbons (Fsp3) is 0.214. The second-order valence-electron chi connectivity index (χ2n) is 4.57. The quantitative estimate of drug-likeness (QED) is 0.375. The molecule has 2 aromatic rings. The molecule has 1 heterocycles. The number of nitrogens with two attached hydrogens (primary N) is 1. The minimum absolute atomic E-state index is 0.146. The molecule has 20 heavy (non-hydrogen) atoms. The van der Waals surface area contributed by atoms with Gasteiger partial charge in [0.15, 0.2) is 5.84 Å². The average Bonchev–Trinajstić information content (AvgIpc) is 2.83. The van der Waals surface area contributed by atoms with Crippen molar-refractivity contribution in [2.45, 2.75) is 13.1 Å². The third-order valence-corrected chi connectivity index (χ3v) is 4.47. The van der Waals surface area contributed by atoms with Gasteiger partial charge in [0.25, 0.3) is 0 Å². The van der Waals surface area contributed by atoms with Gasteiger partial charge in [-0.05, 0) is 45.6 Å². The van der Waals surface area contributed by atoms with E-state index in [0.717, 1.165) is 28.0 Å². The first-order valence-electron chi connectivity index (χ1n) is 6.07. The third kappa shape index (κ3) is 3.82. The number of oxime groups is 1. The predicted molar refractivity (Wildman–Crippen MR) is 86.1 cm³/mol.